The van der Waals surface area contributed by atoms with Crippen molar-refractivity contribution in [1.82, 2.24) is 5.32 Å². The molecule has 0 bridgehead atoms. The van der Waals surface area contributed by atoms with Crippen LogP contribution < -0.4 is 5.32 Å². The number of hydrogen-bond acceptors (Lipinski definition) is 4. The SMILES string of the molecule is COCCNCC1(Cc2ccoc2)CCOC1C1CC1. The summed E-state index contributed by atoms with van der Waals surface area (Å²) in [6, 6.07) is 2.08. The summed E-state index contributed by atoms with van der Waals surface area (Å²) in [6.45, 7) is 3.56. The lowest BCUT2D eigenvalue weighted by Gasteiger charge is -2.34. The molecule has 0 amide bonds. The van der Waals surface area contributed by atoms with Gasteiger partial charge >= 0.3 is 0 Å². The Kier molecular flexibility index (Phi) is 4.44. The van der Waals surface area contributed by atoms with Gasteiger partial charge in [-0.25, -0.2) is 0 Å². The Labute approximate surface area is 120 Å². The number of methoxy groups -OCH3 is 1. The zero-order valence-corrected chi connectivity index (χ0v) is 12.3. The Morgan fingerprint density at radius 1 is 1.45 bits per heavy atom. The second-order valence-corrected chi connectivity index (χ2v) is 6.22. The first-order chi connectivity index (χ1) is 9.84. The quantitative estimate of drug-likeness (QED) is 0.741. The lowest BCUT2D eigenvalue weighted by molar-refractivity contribution is 0.0299. The van der Waals surface area contributed by atoms with Gasteiger partial charge in [-0.1, -0.05) is 0 Å². The van der Waals surface area contributed by atoms with E-state index in [-0.39, 0.29) is 5.41 Å². The van der Waals surface area contributed by atoms with Gasteiger partial charge in [0.25, 0.3) is 0 Å². The Hall–Kier alpha value is -0.840. The van der Waals surface area contributed by atoms with Gasteiger partial charge in [-0.3, -0.25) is 0 Å². The van der Waals surface area contributed by atoms with Gasteiger partial charge in [0.15, 0.2) is 0 Å². The number of furan rings is 1. The summed E-state index contributed by atoms with van der Waals surface area (Å²) in [4.78, 5) is 0. The second-order valence-electron chi connectivity index (χ2n) is 6.22. The minimum absolute atomic E-state index is 0.221. The molecular weight excluding hydrogens is 254 g/mol. The molecule has 4 heteroatoms. The van der Waals surface area contributed by atoms with Crippen molar-refractivity contribution in [3.05, 3.63) is 24.2 Å². The average Bonchev–Trinajstić information content (AvgIpc) is 3.01. The molecule has 1 aliphatic carbocycles. The van der Waals surface area contributed by atoms with Crippen molar-refractivity contribution in [2.45, 2.75) is 31.8 Å². The van der Waals surface area contributed by atoms with Crippen LogP contribution in [0.5, 0.6) is 0 Å². The van der Waals surface area contributed by atoms with Crippen molar-refractivity contribution in [2.75, 3.05) is 33.4 Å². The van der Waals surface area contributed by atoms with Gasteiger partial charge in [0.2, 0.25) is 0 Å². The number of rotatable bonds is 8. The van der Waals surface area contributed by atoms with Crippen LogP contribution in [-0.2, 0) is 15.9 Å². The third-order valence-electron chi connectivity index (χ3n) is 4.65. The molecule has 2 unspecified atom stereocenters. The van der Waals surface area contributed by atoms with Crippen LogP contribution >= 0.6 is 0 Å². The van der Waals surface area contributed by atoms with E-state index in [1.807, 2.05) is 6.26 Å². The van der Waals surface area contributed by atoms with Crippen LogP contribution in [0.25, 0.3) is 0 Å². The van der Waals surface area contributed by atoms with E-state index >= 15 is 0 Å². The summed E-state index contributed by atoms with van der Waals surface area (Å²) in [5.41, 5.74) is 1.51. The van der Waals surface area contributed by atoms with Crippen molar-refractivity contribution in [3.8, 4) is 0 Å². The molecule has 2 fully saturated rings. The highest BCUT2D eigenvalue weighted by molar-refractivity contribution is 5.13. The van der Waals surface area contributed by atoms with Crippen LogP contribution in [0.2, 0.25) is 0 Å². The van der Waals surface area contributed by atoms with Crippen LogP contribution in [0, 0.1) is 11.3 Å². The molecule has 20 heavy (non-hydrogen) atoms. The average molecular weight is 279 g/mol. The first-order valence-electron chi connectivity index (χ1n) is 7.66. The first kappa shape index (κ1) is 14.1. The van der Waals surface area contributed by atoms with Gasteiger partial charge in [-0.15, -0.1) is 0 Å². The maximum Gasteiger partial charge on any atom is 0.0934 e. The molecule has 1 aromatic rings. The van der Waals surface area contributed by atoms with Crippen molar-refractivity contribution < 1.29 is 13.9 Å². The van der Waals surface area contributed by atoms with Crippen molar-refractivity contribution >= 4 is 0 Å². The monoisotopic (exact) mass is 279 g/mol. The zero-order chi connectivity index (χ0) is 13.8. The van der Waals surface area contributed by atoms with Gasteiger partial charge in [0.05, 0.1) is 25.2 Å². The van der Waals surface area contributed by atoms with Crippen LogP contribution in [0.4, 0.5) is 0 Å². The summed E-state index contributed by atoms with van der Waals surface area (Å²) in [5.74, 6) is 0.772. The molecule has 4 nitrogen and oxygen atoms in total. The van der Waals surface area contributed by atoms with E-state index in [1.165, 1.54) is 18.4 Å². The maximum atomic E-state index is 6.10. The minimum atomic E-state index is 0.221. The van der Waals surface area contributed by atoms with E-state index in [0.717, 1.165) is 45.1 Å². The van der Waals surface area contributed by atoms with Gasteiger partial charge in [-0.05, 0) is 43.2 Å². The Bertz CT molecular complexity index is 402. The van der Waals surface area contributed by atoms with Crippen molar-refractivity contribution in [1.29, 1.82) is 0 Å². The van der Waals surface area contributed by atoms with Crippen LogP contribution in [-0.4, -0.2) is 39.5 Å². The summed E-state index contributed by atoms with van der Waals surface area (Å²) >= 11 is 0. The second kappa shape index (κ2) is 6.29. The largest absolute Gasteiger partial charge is 0.472 e. The van der Waals surface area contributed by atoms with Crippen molar-refractivity contribution in [2.24, 2.45) is 11.3 Å². The normalized spacial score (nSPS) is 29.9. The molecule has 1 aliphatic heterocycles. The molecule has 112 valence electrons. The highest BCUT2D eigenvalue weighted by atomic mass is 16.5. The highest BCUT2D eigenvalue weighted by Gasteiger charge is 2.50. The molecule has 2 heterocycles. The standard InChI is InChI=1S/C16H25NO3/c1-18-9-6-17-12-16(10-13-4-7-19-11-13)5-8-20-15(16)14-2-3-14/h4,7,11,14-15,17H,2-3,5-6,8-10,12H2,1H3. The van der Waals surface area contributed by atoms with Crippen LogP contribution in [0.1, 0.15) is 24.8 Å². The van der Waals surface area contributed by atoms with E-state index in [4.69, 9.17) is 13.9 Å². The molecule has 2 aliphatic rings. The van der Waals surface area contributed by atoms with E-state index in [9.17, 15) is 0 Å². The fourth-order valence-electron chi connectivity index (χ4n) is 3.50. The van der Waals surface area contributed by atoms with Gasteiger partial charge < -0.3 is 19.2 Å². The first-order valence-corrected chi connectivity index (χ1v) is 7.66. The number of nitrogens with one attached hydrogen (secondary N) is 1. The zero-order valence-electron chi connectivity index (χ0n) is 12.3. The minimum Gasteiger partial charge on any atom is -0.472 e. The van der Waals surface area contributed by atoms with E-state index in [1.54, 1.807) is 13.4 Å². The van der Waals surface area contributed by atoms with E-state index in [0.29, 0.717) is 6.10 Å². The molecule has 3 rings (SSSR count). The summed E-state index contributed by atoms with van der Waals surface area (Å²) in [5, 5.41) is 3.56. The van der Waals surface area contributed by atoms with Gasteiger partial charge in [0, 0.05) is 32.2 Å². The maximum absolute atomic E-state index is 6.10. The third-order valence-corrected chi connectivity index (χ3v) is 4.65. The number of ether oxygens (including phenoxy) is 2. The molecule has 0 radical (unpaired) electrons. The van der Waals surface area contributed by atoms with Crippen LogP contribution in [0.15, 0.2) is 23.0 Å². The van der Waals surface area contributed by atoms with Crippen molar-refractivity contribution in [3.63, 3.8) is 0 Å². The van der Waals surface area contributed by atoms with Crippen LogP contribution in [0.3, 0.4) is 0 Å². The predicted octanol–water partition coefficient (Wildman–Crippen LogP) is 2.24. The molecule has 1 saturated heterocycles. The van der Waals surface area contributed by atoms with E-state index < -0.39 is 0 Å². The molecule has 0 spiro atoms. The smallest absolute Gasteiger partial charge is 0.0934 e. The summed E-state index contributed by atoms with van der Waals surface area (Å²) in [6.07, 6.45) is 8.89. The molecular formula is C16H25NO3. The highest BCUT2D eigenvalue weighted by Crippen LogP contribution is 2.49. The van der Waals surface area contributed by atoms with Gasteiger partial charge in [0.1, 0.15) is 0 Å². The lowest BCUT2D eigenvalue weighted by atomic mass is 9.74. The van der Waals surface area contributed by atoms with Gasteiger partial charge in [-0.2, -0.15) is 0 Å². The summed E-state index contributed by atoms with van der Waals surface area (Å²) in [7, 11) is 1.74. The Morgan fingerprint density at radius 3 is 3.05 bits per heavy atom. The fourth-order valence-corrected chi connectivity index (χ4v) is 3.50. The van der Waals surface area contributed by atoms with E-state index in [2.05, 4.69) is 11.4 Å². The predicted molar refractivity (Wildman–Crippen MR) is 76.7 cm³/mol. The summed E-state index contributed by atoms with van der Waals surface area (Å²) < 4.78 is 16.5. The number of hydrogen-bond donors (Lipinski definition) is 1. The lowest BCUT2D eigenvalue weighted by Crippen LogP contribution is -2.44. The Balaban J connectivity index is 1.68. The molecule has 2 atom stereocenters. The fraction of sp³-hybridized carbons (Fsp3) is 0.750. The molecule has 1 N–H and O–H groups in total. The Morgan fingerprint density at radius 2 is 2.35 bits per heavy atom. The molecule has 1 aromatic heterocycles. The topological polar surface area (TPSA) is 43.6 Å². The third kappa shape index (κ3) is 3.08. The molecule has 1 saturated carbocycles. The molecule has 0 aromatic carbocycles.